The lowest BCUT2D eigenvalue weighted by Gasteiger charge is -2.15. The van der Waals surface area contributed by atoms with E-state index in [1.807, 2.05) is 42.5 Å². The number of aromatic nitrogens is 2. The Labute approximate surface area is 158 Å². The van der Waals surface area contributed by atoms with Crippen molar-refractivity contribution in [1.29, 1.82) is 0 Å². The Balaban J connectivity index is 1.88. The molecule has 0 aliphatic carbocycles. The molecule has 3 aromatic carbocycles. The molecule has 0 unspecified atom stereocenters. The van der Waals surface area contributed by atoms with Crippen molar-refractivity contribution < 1.29 is 0 Å². The summed E-state index contributed by atoms with van der Waals surface area (Å²) in [5.41, 5.74) is 4.37. The van der Waals surface area contributed by atoms with E-state index in [1.54, 1.807) is 0 Å². The fraction of sp³-hybridized carbons (Fsp3) is 0.0435. The molecule has 0 radical (unpaired) electrons. The van der Waals surface area contributed by atoms with Crippen molar-refractivity contribution in [1.82, 2.24) is 9.55 Å². The molecule has 126 valence electrons. The first-order valence-corrected chi connectivity index (χ1v) is 8.98. The molecule has 0 aliphatic rings. The van der Waals surface area contributed by atoms with Crippen LogP contribution >= 0.6 is 12.2 Å². The number of nitrogens with zero attached hydrogens (tertiary/aromatic N) is 2. The molecule has 2 nitrogen and oxygen atoms in total. The summed E-state index contributed by atoms with van der Waals surface area (Å²) in [5.74, 6) is 0.888. The largest absolute Gasteiger partial charge is 0.327 e. The zero-order valence-electron chi connectivity index (χ0n) is 14.2. The Morgan fingerprint density at radius 2 is 1.23 bits per heavy atom. The lowest BCUT2D eigenvalue weighted by Crippen LogP contribution is -2.07. The van der Waals surface area contributed by atoms with Gasteiger partial charge in [-0.05, 0) is 11.1 Å². The van der Waals surface area contributed by atoms with E-state index in [0.29, 0.717) is 4.64 Å². The van der Waals surface area contributed by atoms with Crippen LogP contribution in [0.25, 0.3) is 22.5 Å². The average molecular weight is 354 g/mol. The molecule has 3 heteroatoms. The molecule has 4 rings (SSSR count). The van der Waals surface area contributed by atoms with E-state index in [4.69, 9.17) is 17.2 Å². The molecular weight excluding hydrogens is 336 g/mol. The molecule has 0 bridgehead atoms. The maximum atomic E-state index is 5.62. The van der Waals surface area contributed by atoms with Crippen LogP contribution < -0.4 is 0 Å². The van der Waals surface area contributed by atoms with Gasteiger partial charge in [0.1, 0.15) is 10.5 Å². The lowest BCUT2D eigenvalue weighted by molar-refractivity contribution is 0.777. The van der Waals surface area contributed by atoms with Crippen LogP contribution in [-0.4, -0.2) is 9.55 Å². The van der Waals surface area contributed by atoms with Crippen LogP contribution in [0.15, 0.2) is 97.2 Å². The lowest BCUT2D eigenvalue weighted by atomic mass is 10.1. The average Bonchev–Trinajstić information content (AvgIpc) is 2.71. The molecule has 26 heavy (non-hydrogen) atoms. The molecule has 0 spiro atoms. The maximum absolute atomic E-state index is 5.62. The maximum Gasteiger partial charge on any atom is 0.141 e. The standard InChI is InChI=1S/C23H18N2S/c26-23-21(19-12-6-2-7-13-19)17-25(16-18-10-4-1-5-11-18)22(24-23)20-14-8-3-9-15-20/h1-15,17H,16H2. The Morgan fingerprint density at radius 1 is 0.692 bits per heavy atom. The third-order valence-electron chi connectivity index (χ3n) is 4.31. The van der Waals surface area contributed by atoms with Gasteiger partial charge in [0.25, 0.3) is 0 Å². The van der Waals surface area contributed by atoms with Crippen molar-refractivity contribution in [2.75, 3.05) is 0 Å². The fourth-order valence-corrected chi connectivity index (χ4v) is 3.28. The van der Waals surface area contributed by atoms with E-state index in [9.17, 15) is 0 Å². The molecule has 1 aromatic heterocycles. The predicted octanol–water partition coefficient (Wildman–Crippen LogP) is 5.99. The third-order valence-corrected chi connectivity index (χ3v) is 4.62. The summed E-state index contributed by atoms with van der Waals surface area (Å²) in [6.45, 7) is 0.744. The van der Waals surface area contributed by atoms with Crippen LogP contribution in [0.1, 0.15) is 5.56 Å². The molecule has 0 atom stereocenters. The quantitative estimate of drug-likeness (QED) is 0.419. The second kappa shape index (κ2) is 7.46. The highest BCUT2D eigenvalue weighted by molar-refractivity contribution is 7.71. The van der Waals surface area contributed by atoms with E-state index < -0.39 is 0 Å². The highest BCUT2D eigenvalue weighted by atomic mass is 32.1. The molecule has 0 amide bonds. The van der Waals surface area contributed by atoms with Gasteiger partial charge in [-0.25, -0.2) is 4.98 Å². The Bertz CT molecular complexity index is 1060. The van der Waals surface area contributed by atoms with Gasteiger partial charge < -0.3 is 4.57 Å². The minimum absolute atomic E-state index is 0.624. The molecule has 0 aliphatic heterocycles. The van der Waals surface area contributed by atoms with Gasteiger partial charge >= 0.3 is 0 Å². The molecule has 0 saturated heterocycles. The summed E-state index contributed by atoms with van der Waals surface area (Å²) in [4.78, 5) is 4.79. The van der Waals surface area contributed by atoms with Crippen LogP contribution in [0.2, 0.25) is 0 Å². The molecule has 0 N–H and O–H groups in total. The highest BCUT2D eigenvalue weighted by Crippen LogP contribution is 2.25. The summed E-state index contributed by atoms with van der Waals surface area (Å²) >= 11 is 5.62. The Hall–Kier alpha value is -3.04. The first kappa shape index (κ1) is 16.4. The van der Waals surface area contributed by atoms with Crippen molar-refractivity contribution in [2.45, 2.75) is 6.54 Å². The van der Waals surface area contributed by atoms with Gasteiger partial charge in [-0.15, -0.1) is 0 Å². The second-order valence-corrected chi connectivity index (χ2v) is 6.52. The van der Waals surface area contributed by atoms with Crippen molar-refractivity contribution in [3.63, 3.8) is 0 Å². The van der Waals surface area contributed by atoms with Gasteiger partial charge in [0, 0.05) is 23.9 Å². The minimum atomic E-state index is 0.624. The topological polar surface area (TPSA) is 17.8 Å². The zero-order valence-corrected chi connectivity index (χ0v) is 15.1. The predicted molar refractivity (Wildman–Crippen MR) is 109 cm³/mol. The number of benzene rings is 3. The molecule has 4 aromatic rings. The Kier molecular flexibility index (Phi) is 4.71. The highest BCUT2D eigenvalue weighted by Gasteiger charge is 2.10. The summed E-state index contributed by atoms with van der Waals surface area (Å²) in [5, 5.41) is 0. The second-order valence-electron chi connectivity index (χ2n) is 6.13. The van der Waals surface area contributed by atoms with Crippen molar-refractivity contribution in [3.8, 4) is 22.5 Å². The van der Waals surface area contributed by atoms with Crippen LogP contribution in [0, 0.1) is 4.64 Å². The van der Waals surface area contributed by atoms with E-state index in [1.165, 1.54) is 5.56 Å². The number of rotatable bonds is 4. The molecule has 0 saturated carbocycles. The molecule has 0 fully saturated rings. The van der Waals surface area contributed by atoms with Crippen LogP contribution in [0.4, 0.5) is 0 Å². The third kappa shape index (κ3) is 3.48. The van der Waals surface area contributed by atoms with Gasteiger partial charge in [-0.2, -0.15) is 0 Å². The first-order valence-electron chi connectivity index (χ1n) is 8.57. The van der Waals surface area contributed by atoms with Crippen LogP contribution in [0.3, 0.4) is 0 Å². The summed E-state index contributed by atoms with van der Waals surface area (Å²) in [6.07, 6.45) is 2.12. The van der Waals surface area contributed by atoms with Crippen molar-refractivity contribution >= 4 is 12.2 Å². The summed E-state index contributed by atoms with van der Waals surface area (Å²) in [7, 11) is 0. The molecule has 1 heterocycles. The van der Waals surface area contributed by atoms with Gasteiger partial charge in [0.2, 0.25) is 0 Å². The van der Waals surface area contributed by atoms with E-state index in [2.05, 4.69) is 59.3 Å². The van der Waals surface area contributed by atoms with Gasteiger partial charge in [0.15, 0.2) is 0 Å². The van der Waals surface area contributed by atoms with Gasteiger partial charge in [0.05, 0.1) is 0 Å². The smallest absolute Gasteiger partial charge is 0.141 e. The number of hydrogen-bond acceptors (Lipinski definition) is 2. The van der Waals surface area contributed by atoms with Gasteiger partial charge in [-0.1, -0.05) is 103 Å². The van der Waals surface area contributed by atoms with Crippen LogP contribution in [-0.2, 0) is 6.54 Å². The fourth-order valence-electron chi connectivity index (χ4n) is 3.03. The monoisotopic (exact) mass is 354 g/mol. The minimum Gasteiger partial charge on any atom is -0.327 e. The van der Waals surface area contributed by atoms with E-state index >= 15 is 0 Å². The van der Waals surface area contributed by atoms with E-state index in [-0.39, 0.29) is 0 Å². The SMILES string of the molecule is S=c1nc(-c2ccccc2)n(Cc2ccccc2)cc1-c1ccccc1. The van der Waals surface area contributed by atoms with Gasteiger partial charge in [-0.3, -0.25) is 0 Å². The first-order chi connectivity index (χ1) is 12.8. The molecular formula is C23H18N2S. The van der Waals surface area contributed by atoms with Crippen LogP contribution in [0.5, 0.6) is 0 Å². The summed E-state index contributed by atoms with van der Waals surface area (Å²) in [6, 6.07) is 30.8. The van der Waals surface area contributed by atoms with Crippen molar-refractivity contribution in [3.05, 3.63) is 107 Å². The van der Waals surface area contributed by atoms with Crippen molar-refractivity contribution in [2.24, 2.45) is 0 Å². The summed E-state index contributed by atoms with van der Waals surface area (Å²) < 4.78 is 2.81. The van der Waals surface area contributed by atoms with E-state index in [0.717, 1.165) is 29.1 Å². The number of hydrogen-bond donors (Lipinski definition) is 0. The Morgan fingerprint density at radius 3 is 1.85 bits per heavy atom. The normalized spacial score (nSPS) is 10.6. The zero-order chi connectivity index (χ0) is 17.8.